The largest absolute Gasteiger partial charge is 0.369 e. The SMILES string of the molecule is N#CCCC1CC[C@@H]2O[C@@H]3CC2(C[C@H]2OC4(CCCCC4)O[C@@H]32)O1. The Morgan fingerprint density at radius 1 is 0.958 bits per heavy atom. The van der Waals surface area contributed by atoms with Crippen LogP contribution in [0.4, 0.5) is 0 Å². The van der Waals surface area contributed by atoms with Crippen LogP contribution in [-0.4, -0.2) is 41.9 Å². The minimum atomic E-state index is -0.345. The molecule has 3 heterocycles. The predicted molar refractivity (Wildman–Crippen MR) is 85.1 cm³/mol. The predicted octanol–water partition coefficient (Wildman–Crippen LogP) is 3.21. The fourth-order valence-electron chi connectivity index (χ4n) is 5.76. The summed E-state index contributed by atoms with van der Waals surface area (Å²) in [4.78, 5) is 0. The number of nitrogens with zero attached hydrogens (tertiary/aromatic N) is 1. The van der Waals surface area contributed by atoms with E-state index in [0.717, 1.165) is 44.9 Å². The van der Waals surface area contributed by atoms with Crippen LogP contribution in [0.5, 0.6) is 0 Å². The first-order valence-electron chi connectivity index (χ1n) is 9.78. The summed E-state index contributed by atoms with van der Waals surface area (Å²) in [5.41, 5.74) is -0.201. The van der Waals surface area contributed by atoms with Gasteiger partial charge < -0.3 is 18.9 Å². The van der Waals surface area contributed by atoms with Gasteiger partial charge in [-0.15, -0.1) is 0 Å². The minimum Gasteiger partial charge on any atom is -0.369 e. The summed E-state index contributed by atoms with van der Waals surface area (Å²) in [5.74, 6) is -0.345. The number of hydrogen-bond acceptors (Lipinski definition) is 5. The third-order valence-electron chi connectivity index (χ3n) is 6.81. The Balaban J connectivity index is 1.33. The standard InChI is InChI=1S/C19H27NO4/c20-10-4-5-13-6-7-16-18(22-13)11-14(21-16)17-15(12-18)23-19(24-17)8-2-1-3-9-19/h13-17H,1-9,11-12H2/t13?,14-,15-,16+,17+,18?/m1/s1. The summed E-state index contributed by atoms with van der Waals surface area (Å²) in [6.45, 7) is 0. The van der Waals surface area contributed by atoms with Crippen molar-refractivity contribution >= 4 is 0 Å². The Morgan fingerprint density at radius 3 is 2.62 bits per heavy atom. The highest BCUT2D eigenvalue weighted by Crippen LogP contribution is 2.55. The van der Waals surface area contributed by atoms with Crippen molar-refractivity contribution in [3.63, 3.8) is 0 Å². The summed E-state index contributed by atoms with van der Waals surface area (Å²) in [6, 6.07) is 2.25. The topological polar surface area (TPSA) is 60.7 Å². The van der Waals surface area contributed by atoms with Crippen molar-refractivity contribution < 1.29 is 18.9 Å². The van der Waals surface area contributed by atoms with Gasteiger partial charge in [-0.3, -0.25) is 0 Å². The maximum absolute atomic E-state index is 8.86. The molecule has 2 aliphatic carbocycles. The molecular weight excluding hydrogens is 306 g/mol. The lowest BCUT2D eigenvalue weighted by molar-refractivity contribution is -0.215. The monoisotopic (exact) mass is 333 g/mol. The molecule has 0 aromatic heterocycles. The fraction of sp³-hybridized carbons (Fsp3) is 0.947. The van der Waals surface area contributed by atoms with Gasteiger partial charge in [-0.05, 0) is 32.1 Å². The molecule has 5 heteroatoms. The van der Waals surface area contributed by atoms with Crippen LogP contribution >= 0.6 is 0 Å². The van der Waals surface area contributed by atoms with Crippen molar-refractivity contribution in [3.05, 3.63) is 0 Å². The molecule has 2 bridgehead atoms. The van der Waals surface area contributed by atoms with E-state index >= 15 is 0 Å². The molecule has 0 amide bonds. The molecule has 5 rings (SSSR count). The van der Waals surface area contributed by atoms with Gasteiger partial charge >= 0.3 is 0 Å². The van der Waals surface area contributed by atoms with E-state index in [1.807, 2.05) is 0 Å². The Kier molecular flexibility index (Phi) is 3.68. The molecule has 132 valence electrons. The highest BCUT2D eigenvalue weighted by atomic mass is 16.8. The third kappa shape index (κ3) is 2.34. The molecular formula is C19H27NO4. The maximum Gasteiger partial charge on any atom is 0.169 e. The van der Waals surface area contributed by atoms with Crippen molar-refractivity contribution in [1.29, 1.82) is 5.26 Å². The van der Waals surface area contributed by atoms with Gasteiger partial charge in [0.25, 0.3) is 0 Å². The van der Waals surface area contributed by atoms with E-state index in [9.17, 15) is 0 Å². The lowest BCUT2D eigenvalue weighted by Gasteiger charge is -2.44. The van der Waals surface area contributed by atoms with Crippen LogP contribution < -0.4 is 0 Å². The zero-order valence-corrected chi connectivity index (χ0v) is 14.2. The third-order valence-corrected chi connectivity index (χ3v) is 6.81. The molecule has 0 aromatic rings. The van der Waals surface area contributed by atoms with E-state index in [-0.39, 0.29) is 41.9 Å². The van der Waals surface area contributed by atoms with Crippen LogP contribution in [0.15, 0.2) is 0 Å². The van der Waals surface area contributed by atoms with Crippen LogP contribution in [0, 0.1) is 11.3 Å². The molecule has 3 saturated heterocycles. The van der Waals surface area contributed by atoms with Gasteiger partial charge in [-0.25, -0.2) is 0 Å². The van der Waals surface area contributed by atoms with Crippen molar-refractivity contribution in [1.82, 2.24) is 0 Å². The number of fused-ring (bicyclic) bond motifs is 3. The van der Waals surface area contributed by atoms with Crippen LogP contribution in [0.2, 0.25) is 0 Å². The second kappa shape index (κ2) is 5.67. The van der Waals surface area contributed by atoms with Gasteiger partial charge in [-0.1, -0.05) is 6.42 Å². The highest BCUT2D eigenvalue weighted by Gasteiger charge is 2.65. The normalized spacial score (nSPS) is 48.7. The van der Waals surface area contributed by atoms with Crippen LogP contribution in [0.3, 0.4) is 0 Å². The van der Waals surface area contributed by atoms with Crippen LogP contribution in [0.1, 0.15) is 70.6 Å². The van der Waals surface area contributed by atoms with Crippen molar-refractivity contribution in [2.75, 3.05) is 0 Å². The minimum absolute atomic E-state index is 0.0838. The van der Waals surface area contributed by atoms with E-state index in [2.05, 4.69) is 6.07 Å². The number of ether oxygens (including phenoxy) is 4. The molecule has 6 atom stereocenters. The molecule has 3 aliphatic heterocycles. The van der Waals surface area contributed by atoms with E-state index in [0.29, 0.717) is 6.42 Å². The molecule has 5 aliphatic rings. The van der Waals surface area contributed by atoms with Gasteiger partial charge in [0.05, 0.1) is 36.1 Å². The Hall–Kier alpha value is -0.670. The highest BCUT2D eigenvalue weighted by molar-refractivity contribution is 5.12. The van der Waals surface area contributed by atoms with Crippen molar-refractivity contribution in [2.24, 2.45) is 0 Å². The molecule has 0 aromatic carbocycles. The second-order valence-electron chi connectivity index (χ2n) is 8.36. The zero-order valence-electron chi connectivity index (χ0n) is 14.2. The zero-order chi connectivity index (χ0) is 16.2. The van der Waals surface area contributed by atoms with Crippen LogP contribution in [-0.2, 0) is 18.9 Å². The summed E-state index contributed by atoms with van der Waals surface area (Å²) in [6.07, 6.45) is 11.7. The molecule has 2 spiro atoms. The van der Waals surface area contributed by atoms with E-state index in [1.54, 1.807) is 0 Å². The van der Waals surface area contributed by atoms with Crippen LogP contribution in [0.25, 0.3) is 0 Å². The Bertz CT molecular complexity index is 540. The lowest BCUT2D eigenvalue weighted by atomic mass is 9.76. The van der Waals surface area contributed by atoms with Gasteiger partial charge in [-0.2, -0.15) is 5.26 Å². The van der Waals surface area contributed by atoms with Gasteiger partial charge in [0, 0.05) is 32.1 Å². The fourth-order valence-corrected chi connectivity index (χ4v) is 5.76. The smallest absolute Gasteiger partial charge is 0.169 e. The summed E-state index contributed by atoms with van der Waals surface area (Å²) >= 11 is 0. The molecule has 0 radical (unpaired) electrons. The molecule has 2 saturated carbocycles. The maximum atomic E-state index is 8.86. The first-order chi connectivity index (χ1) is 11.7. The Morgan fingerprint density at radius 2 is 1.79 bits per heavy atom. The first-order valence-corrected chi connectivity index (χ1v) is 9.78. The summed E-state index contributed by atoms with van der Waals surface area (Å²) < 4.78 is 25.9. The summed E-state index contributed by atoms with van der Waals surface area (Å²) in [5, 5.41) is 8.86. The average Bonchev–Trinajstić information content (AvgIpc) is 3.09. The average molecular weight is 333 g/mol. The number of nitriles is 1. The quantitative estimate of drug-likeness (QED) is 0.776. The van der Waals surface area contributed by atoms with Gasteiger partial charge in [0.2, 0.25) is 0 Å². The molecule has 0 N–H and O–H groups in total. The first kappa shape index (κ1) is 15.6. The van der Waals surface area contributed by atoms with E-state index in [1.165, 1.54) is 19.3 Å². The van der Waals surface area contributed by atoms with E-state index < -0.39 is 0 Å². The van der Waals surface area contributed by atoms with E-state index in [4.69, 9.17) is 24.2 Å². The molecule has 24 heavy (non-hydrogen) atoms. The number of hydrogen-bond donors (Lipinski definition) is 0. The van der Waals surface area contributed by atoms with Crippen molar-refractivity contribution in [3.8, 4) is 6.07 Å². The van der Waals surface area contributed by atoms with Crippen molar-refractivity contribution in [2.45, 2.75) is 113 Å². The molecule has 5 fully saturated rings. The molecule has 5 nitrogen and oxygen atoms in total. The second-order valence-corrected chi connectivity index (χ2v) is 8.36. The summed E-state index contributed by atoms with van der Waals surface area (Å²) in [7, 11) is 0. The molecule has 2 unspecified atom stereocenters. The lowest BCUT2D eigenvalue weighted by Crippen LogP contribution is -2.53. The number of rotatable bonds is 2. The van der Waals surface area contributed by atoms with Gasteiger partial charge in [0.1, 0.15) is 6.10 Å². The Labute approximate surface area is 143 Å². The van der Waals surface area contributed by atoms with Gasteiger partial charge in [0.15, 0.2) is 5.79 Å².